The van der Waals surface area contributed by atoms with Crippen LogP contribution in [0.15, 0.2) is 59.8 Å². The molecule has 0 spiro atoms. The minimum Gasteiger partial charge on any atom is -0.383 e. The number of anilines is 3. The van der Waals surface area contributed by atoms with Gasteiger partial charge in [-0.1, -0.05) is 32.0 Å². The average Bonchev–Trinajstić information content (AvgIpc) is 3.25. The first-order valence-electron chi connectivity index (χ1n) is 9.85. The molecule has 164 valence electrons. The molecular formula is C22H21F2N7O. The Morgan fingerprint density at radius 2 is 1.91 bits per heavy atom. The lowest BCUT2D eigenvalue weighted by molar-refractivity contribution is -0.118. The Labute approximate surface area is 183 Å². The maximum absolute atomic E-state index is 14.4. The van der Waals surface area contributed by atoms with E-state index in [1.807, 2.05) is 32.0 Å². The fourth-order valence-electron chi connectivity index (χ4n) is 3.13. The number of amidine groups is 1. The third-order valence-corrected chi connectivity index (χ3v) is 4.85. The van der Waals surface area contributed by atoms with Gasteiger partial charge in [-0.15, -0.1) is 10.6 Å². The number of halogens is 2. The number of hydrazine groups is 2. The summed E-state index contributed by atoms with van der Waals surface area (Å²) >= 11 is 0. The monoisotopic (exact) mass is 437 g/mol. The predicted octanol–water partition coefficient (Wildman–Crippen LogP) is 3.39. The molecule has 2 heterocycles. The summed E-state index contributed by atoms with van der Waals surface area (Å²) in [5, 5.41) is 8.23. The lowest BCUT2D eigenvalue weighted by atomic mass is 10.0. The first-order chi connectivity index (χ1) is 15.3. The number of hydrogen-bond donors (Lipinski definition) is 4. The Morgan fingerprint density at radius 3 is 2.69 bits per heavy atom. The Bertz CT molecular complexity index is 1210. The van der Waals surface area contributed by atoms with Crippen LogP contribution >= 0.6 is 0 Å². The van der Waals surface area contributed by atoms with E-state index < -0.39 is 11.6 Å². The number of hydrazone groups is 1. The summed E-state index contributed by atoms with van der Waals surface area (Å²) in [5.41, 5.74) is 13.7. The van der Waals surface area contributed by atoms with E-state index in [1.165, 1.54) is 17.1 Å². The minimum atomic E-state index is -1.03. The van der Waals surface area contributed by atoms with Crippen LogP contribution in [0.2, 0.25) is 0 Å². The van der Waals surface area contributed by atoms with Gasteiger partial charge in [0, 0.05) is 23.4 Å². The van der Waals surface area contributed by atoms with Gasteiger partial charge in [-0.2, -0.15) is 0 Å². The van der Waals surface area contributed by atoms with Gasteiger partial charge < -0.3 is 11.1 Å². The summed E-state index contributed by atoms with van der Waals surface area (Å²) < 4.78 is 28.1. The van der Waals surface area contributed by atoms with Gasteiger partial charge in [-0.25, -0.2) is 24.3 Å². The van der Waals surface area contributed by atoms with E-state index in [1.54, 1.807) is 18.3 Å². The lowest BCUT2D eigenvalue weighted by Crippen LogP contribution is -2.42. The zero-order valence-corrected chi connectivity index (χ0v) is 17.4. The molecule has 32 heavy (non-hydrogen) atoms. The van der Waals surface area contributed by atoms with Crippen LogP contribution in [-0.4, -0.2) is 16.7 Å². The van der Waals surface area contributed by atoms with E-state index in [9.17, 15) is 13.6 Å². The summed E-state index contributed by atoms with van der Waals surface area (Å²) in [6.45, 7) is 3.62. The number of aromatic nitrogens is 1. The molecule has 1 aliphatic heterocycles. The van der Waals surface area contributed by atoms with Crippen molar-refractivity contribution in [2.75, 3.05) is 16.1 Å². The fraction of sp³-hybridized carbons (Fsp3) is 0.136. The van der Waals surface area contributed by atoms with Crippen LogP contribution in [0.5, 0.6) is 0 Å². The van der Waals surface area contributed by atoms with Gasteiger partial charge in [-0.05, 0) is 35.9 Å². The van der Waals surface area contributed by atoms with Crippen molar-refractivity contribution in [3.63, 3.8) is 0 Å². The predicted molar refractivity (Wildman–Crippen MR) is 119 cm³/mol. The van der Waals surface area contributed by atoms with Gasteiger partial charge in [0.1, 0.15) is 11.5 Å². The molecule has 3 aromatic rings. The minimum absolute atomic E-state index is 0.0723. The van der Waals surface area contributed by atoms with Crippen LogP contribution in [-0.2, 0) is 4.79 Å². The zero-order chi connectivity index (χ0) is 22.8. The molecule has 0 aliphatic carbocycles. The van der Waals surface area contributed by atoms with Crippen molar-refractivity contribution in [3.8, 4) is 11.1 Å². The molecule has 0 saturated heterocycles. The summed E-state index contributed by atoms with van der Waals surface area (Å²) in [6.07, 6.45) is 1.59. The van der Waals surface area contributed by atoms with Crippen molar-refractivity contribution < 1.29 is 13.6 Å². The zero-order valence-electron chi connectivity index (χ0n) is 17.4. The van der Waals surface area contributed by atoms with Crippen LogP contribution in [0.3, 0.4) is 0 Å². The van der Waals surface area contributed by atoms with Crippen molar-refractivity contribution in [1.29, 1.82) is 0 Å². The summed E-state index contributed by atoms with van der Waals surface area (Å²) in [7, 11) is 0. The number of nitrogens with two attached hydrogens (primary N) is 1. The molecule has 5 N–H and O–H groups in total. The van der Waals surface area contributed by atoms with Crippen molar-refractivity contribution >= 4 is 28.9 Å². The molecule has 1 amide bonds. The number of hydrogen-bond acceptors (Lipinski definition) is 7. The normalized spacial score (nSPS) is 13.2. The van der Waals surface area contributed by atoms with E-state index in [0.29, 0.717) is 16.8 Å². The number of pyridine rings is 1. The number of amides is 1. The van der Waals surface area contributed by atoms with Gasteiger partial charge in [0.25, 0.3) is 0 Å². The second kappa shape index (κ2) is 8.60. The van der Waals surface area contributed by atoms with E-state index >= 15 is 0 Å². The average molecular weight is 437 g/mol. The Hall–Kier alpha value is -4.05. The number of nitrogens with one attached hydrogen (secondary N) is 3. The smallest absolute Gasteiger partial charge is 0.226 e. The largest absolute Gasteiger partial charge is 0.383 e. The highest BCUT2D eigenvalue weighted by molar-refractivity contribution is 6.13. The van der Waals surface area contributed by atoms with Crippen molar-refractivity contribution in [2.45, 2.75) is 13.8 Å². The van der Waals surface area contributed by atoms with Crippen LogP contribution in [0, 0.1) is 17.6 Å². The van der Waals surface area contributed by atoms with E-state index in [2.05, 4.69) is 26.5 Å². The Morgan fingerprint density at radius 1 is 1.12 bits per heavy atom. The van der Waals surface area contributed by atoms with E-state index in [-0.39, 0.29) is 29.2 Å². The SMILES string of the molecule is CC(C)C(=O)Nc1cccc(-c2cnc(N)c(C3=NNNN3c3cccc(F)c3F)c2)c1. The van der Waals surface area contributed by atoms with Gasteiger partial charge >= 0.3 is 0 Å². The summed E-state index contributed by atoms with van der Waals surface area (Å²) in [6, 6.07) is 12.8. The molecule has 8 nitrogen and oxygen atoms in total. The third-order valence-electron chi connectivity index (χ3n) is 4.85. The number of nitrogen functional groups attached to an aromatic ring is 1. The fourth-order valence-corrected chi connectivity index (χ4v) is 3.13. The summed E-state index contributed by atoms with van der Waals surface area (Å²) in [4.78, 5) is 16.3. The maximum Gasteiger partial charge on any atom is 0.226 e. The number of benzene rings is 2. The maximum atomic E-state index is 14.4. The number of nitrogens with zero attached hydrogens (tertiary/aromatic N) is 3. The van der Waals surface area contributed by atoms with Crippen LogP contribution in [0.1, 0.15) is 19.4 Å². The molecule has 2 aromatic carbocycles. The number of rotatable bonds is 5. The molecule has 0 atom stereocenters. The quantitative estimate of drug-likeness (QED) is 0.487. The number of carbonyl (C=O) groups is 1. The second-order valence-electron chi connectivity index (χ2n) is 7.45. The van der Waals surface area contributed by atoms with Crippen LogP contribution in [0.4, 0.5) is 26.0 Å². The van der Waals surface area contributed by atoms with Gasteiger partial charge in [0.2, 0.25) is 5.91 Å². The molecule has 0 unspecified atom stereocenters. The highest BCUT2D eigenvalue weighted by Crippen LogP contribution is 2.28. The molecule has 0 radical (unpaired) electrons. The molecule has 10 heteroatoms. The van der Waals surface area contributed by atoms with Gasteiger partial charge in [0.15, 0.2) is 17.5 Å². The Kier molecular flexibility index (Phi) is 5.69. The molecule has 1 aromatic heterocycles. The topological polar surface area (TPSA) is 108 Å². The highest BCUT2D eigenvalue weighted by atomic mass is 19.2. The first-order valence-corrected chi connectivity index (χ1v) is 9.85. The second-order valence-corrected chi connectivity index (χ2v) is 7.45. The molecule has 0 bridgehead atoms. The molecule has 4 rings (SSSR count). The highest BCUT2D eigenvalue weighted by Gasteiger charge is 2.27. The first kappa shape index (κ1) is 21.2. The van der Waals surface area contributed by atoms with Crippen molar-refractivity contribution in [3.05, 3.63) is 71.9 Å². The molecule has 1 aliphatic rings. The Balaban J connectivity index is 1.69. The van der Waals surface area contributed by atoms with Crippen LogP contribution in [0.25, 0.3) is 11.1 Å². The van der Waals surface area contributed by atoms with Crippen LogP contribution < -0.4 is 27.1 Å². The molecular weight excluding hydrogens is 416 g/mol. The molecule has 0 saturated carbocycles. The third kappa shape index (κ3) is 4.08. The van der Waals surface area contributed by atoms with Crippen molar-refractivity contribution in [1.82, 2.24) is 16.1 Å². The van der Waals surface area contributed by atoms with Gasteiger partial charge in [0.05, 0.1) is 5.56 Å². The summed E-state index contributed by atoms with van der Waals surface area (Å²) in [5.74, 6) is -1.90. The van der Waals surface area contributed by atoms with E-state index in [4.69, 9.17) is 5.73 Å². The molecule has 0 fully saturated rings. The van der Waals surface area contributed by atoms with Gasteiger partial charge in [-0.3, -0.25) is 4.79 Å². The number of carbonyl (C=O) groups excluding carboxylic acids is 1. The standard InChI is InChI=1S/C22H21F2N7O/c1-12(2)22(32)27-15-6-3-5-13(9-15)14-10-16(20(25)26-11-14)21-28-29-30-31(21)18-8-4-7-17(23)19(18)24/h3-12,29-30H,1-2H3,(H2,25,26)(H,27,32). The lowest BCUT2D eigenvalue weighted by Gasteiger charge is -2.20. The van der Waals surface area contributed by atoms with Crippen molar-refractivity contribution in [2.24, 2.45) is 11.0 Å². The van der Waals surface area contributed by atoms with E-state index in [0.717, 1.165) is 11.6 Å².